The van der Waals surface area contributed by atoms with Crippen LogP contribution in [0, 0.1) is 0 Å². The lowest BCUT2D eigenvalue weighted by Gasteiger charge is -2.08. The van der Waals surface area contributed by atoms with Crippen molar-refractivity contribution in [3.8, 4) is 5.75 Å². The predicted molar refractivity (Wildman–Crippen MR) is 73.7 cm³/mol. The normalized spacial score (nSPS) is 9.71. The zero-order valence-corrected chi connectivity index (χ0v) is 11.2. The average Bonchev–Trinajstić information content (AvgIpc) is 2.46. The van der Waals surface area contributed by atoms with Gasteiger partial charge in [0.1, 0.15) is 5.75 Å². The Hall–Kier alpha value is -2.83. The lowest BCUT2D eigenvalue weighted by atomic mass is 10.1. The minimum atomic E-state index is -1.34. The smallest absolute Gasteiger partial charge is 0.336 e. The van der Waals surface area contributed by atoms with Gasteiger partial charge < -0.3 is 20.3 Å². The van der Waals surface area contributed by atoms with Crippen molar-refractivity contribution in [1.82, 2.24) is 5.32 Å². The second-order valence-electron chi connectivity index (χ2n) is 4.01. The van der Waals surface area contributed by atoms with Gasteiger partial charge in [-0.15, -0.1) is 0 Å². The number of carbonyl (C=O) groups is 3. The van der Waals surface area contributed by atoms with Gasteiger partial charge in [0.2, 0.25) is 5.91 Å². The Morgan fingerprint density at radius 1 is 1.19 bits per heavy atom. The fourth-order valence-corrected chi connectivity index (χ4v) is 1.52. The Balaban J connectivity index is 2.58. The Bertz CT molecular complexity index is 567. The summed E-state index contributed by atoms with van der Waals surface area (Å²) >= 11 is 0. The number of aromatic carboxylic acids is 2. The minimum Gasteiger partial charge on any atom is -0.494 e. The van der Waals surface area contributed by atoms with Crippen LogP contribution in [0.2, 0.25) is 0 Å². The maximum Gasteiger partial charge on any atom is 0.336 e. The molecule has 3 N–H and O–H groups in total. The maximum atomic E-state index is 11.0. The van der Waals surface area contributed by atoms with Gasteiger partial charge in [-0.1, -0.05) is 6.58 Å². The van der Waals surface area contributed by atoms with Crippen LogP contribution in [0.25, 0.3) is 0 Å². The zero-order chi connectivity index (χ0) is 15.8. The number of carboxylic acid groups (broad SMARTS) is 2. The zero-order valence-electron chi connectivity index (χ0n) is 11.2. The van der Waals surface area contributed by atoms with E-state index in [4.69, 9.17) is 14.9 Å². The van der Waals surface area contributed by atoms with E-state index in [1.807, 2.05) is 0 Å². The van der Waals surface area contributed by atoms with E-state index in [1.54, 1.807) is 0 Å². The standard InChI is InChI=1S/C14H15NO6/c1-2-12(16)15-6-3-7-21-9-4-5-10(13(17)18)11(8-9)14(19)20/h2,4-5,8H,1,3,6-7H2,(H,15,16)(H,17,18)(H,19,20). The molecule has 0 heterocycles. The van der Waals surface area contributed by atoms with Gasteiger partial charge in [0.15, 0.2) is 0 Å². The van der Waals surface area contributed by atoms with Crippen LogP contribution in [-0.4, -0.2) is 41.2 Å². The van der Waals surface area contributed by atoms with Crippen molar-refractivity contribution in [2.75, 3.05) is 13.2 Å². The van der Waals surface area contributed by atoms with Gasteiger partial charge in [-0.25, -0.2) is 9.59 Å². The van der Waals surface area contributed by atoms with E-state index >= 15 is 0 Å². The average molecular weight is 293 g/mol. The van der Waals surface area contributed by atoms with Crippen LogP contribution in [-0.2, 0) is 4.79 Å². The third-order valence-electron chi connectivity index (χ3n) is 2.53. The Kier molecular flexibility index (Phi) is 5.94. The fraction of sp³-hybridized carbons (Fsp3) is 0.214. The van der Waals surface area contributed by atoms with Crippen LogP contribution >= 0.6 is 0 Å². The van der Waals surface area contributed by atoms with Gasteiger partial charge in [0.25, 0.3) is 0 Å². The topological polar surface area (TPSA) is 113 Å². The molecule has 0 bridgehead atoms. The molecule has 0 aliphatic rings. The number of carbonyl (C=O) groups excluding carboxylic acids is 1. The monoisotopic (exact) mass is 293 g/mol. The summed E-state index contributed by atoms with van der Waals surface area (Å²) in [6.45, 7) is 3.95. The maximum absolute atomic E-state index is 11.0. The number of rotatable bonds is 8. The van der Waals surface area contributed by atoms with Crippen LogP contribution in [0.15, 0.2) is 30.9 Å². The van der Waals surface area contributed by atoms with Crippen LogP contribution < -0.4 is 10.1 Å². The number of carboxylic acids is 2. The Labute approximate surface area is 120 Å². The molecule has 0 aliphatic carbocycles. The summed E-state index contributed by atoms with van der Waals surface area (Å²) < 4.78 is 5.31. The summed E-state index contributed by atoms with van der Waals surface area (Å²) in [6, 6.07) is 3.73. The molecular formula is C14H15NO6. The molecule has 0 fully saturated rings. The van der Waals surface area contributed by atoms with Crippen LogP contribution in [0.4, 0.5) is 0 Å². The Morgan fingerprint density at radius 3 is 2.43 bits per heavy atom. The quantitative estimate of drug-likeness (QED) is 0.489. The first-order valence-corrected chi connectivity index (χ1v) is 6.09. The number of hydrogen-bond donors (Lipinski definition) is 3. The molecule has 7 heteroatoms. The molecule has 0 aromatic heterocycles. The molecule has 21 heavy (non-hydrogen) atoms. The molecule has 1 rings (SSSR count). The lowest BCUT2D eigenvalue weighted by molar-refractivity contribution is -0.116. The van der Waals surface area contributed by atoms with Gasteiger partial charge in [-0.05, 0) is 30.7 Å². The fourth-order valence-electron chi connectivity index (χ4n) is 1.52. The van der Waals surface area contributed by atoms with Gasteiger partial charge in [-0.3, -0.25) is 4.79 Å². The third kappa shape index (κ3) is 4.98. The SMILES string of the molecule is C=CC(=O)NCCCOc1ccc(C(=O)O)c(C(=O)O)c1. The summed E-state index contributed by atoms with van der Waals surface area (Å²) in [6.07, 6.45) is 1.67. The van der Waals surface area contributed by atoms with Crippen molar-refractivity contribution in [2.24, 2.45) is 0 Å². The summed E-state index contributed by atoms with van der Waals surface area (Å²) in [7, 11) is 0. The highest BCUT2D eigenvalue weighted by molar-refractivity contribution is 6.02. The number of benzene rings is 1. The van der Waals surface area contributed by atoms with E-state index in [2.05, 4.69) is 11.9 Å². The molecule has 0 saturated heterocycles. The van der Waals surface area contributed by atoms with Gasteiger partial charge >= 0.3 is 11.9 Å². The van der Waals surface area contributed by atoms with Crippen LogP contribution in [0.3, 0.4) is 0 Å². The summed E-state index contributed by atoms with van der Waals surface area (Å²) in [5.41, 5.74) is -0.631. The second kappa shape index (κ2) is 7.68. The molecule has 0 unspecified atom stereocenters. The molecule has 0 radical (unpaired) electrons. The second-order valence-corrected chi connectivity index (χ2v) is 4.01. The van der Waals surface area contributed by atoms with Crippen molar-refractivity contribution < 1.29 is 29.3 Å². The third-order valence-corrected chi connectivity index (χ3v) is 2.53. The predicted octanol–water partition coefficient (Wildman–Crippen LogP) is 1.15. The number of ether oxygens (including phenoxy) is 1. The largest absolute Gasteiger partial charge is 0.494 e. The van der Waals surface area contributed by atoms with E-state index in [0.717, 1.165) is 12.1 Å². The van der Waals surface area contributed by atoms with Crippen molar-refractivity contribution in [3.05, 3.63) is 42.0 Å². The van der Waals surface area contributed by atoms with Crippen molar-refractivity contribution >= 4 is 17.8 Å². The van der Waals surface area contributed by atoms with Crippen molar-refractivity contribution in [2.45, 2.75) is 6.42 Å². The van der Waals surface area contributed by atoms with Gasteiger partial charge in [0, 0.05) is 6.54 Å². The van der Waals surface area contributed by atoms with Crippen LogP contribution in [0.5, 0.6) is 5.75 Å². The summed E-state index contributed by atoms with van der Waals surface area (Å²) in [4.78, 5) is 32.7. The van der Waals surface area contributed by atoms with Gasteiger partial charge in [-0.2, -0.15) is 0 Å². The molecule has 112 valence electrons. The number of amides is 1. The molecule has 0 atom stereocenters. The molecule has 0 saturated carbocycles. The Morgan fingerprint density at radius 2 is 1.86 bits per heavy atom. The van der Waals surface area contributed by atoms with E-state index in [1.165, 1.54) is 12.1 Å². The molecule has 0 spiro atoms. The number of hydrogen-bond acceptors (Lipinski definition) is 4. The molecule has 1 amide bonds. The van der Waals surface area contributed by atoms with E-state index in [9.17, 15) is 14.4 Å². The first-order chi connectivity index (χ1) is 9.95. The highest BCUT2D eigenvalue weighted by Crippen LogP contribution is 2.18. The van der Waals surface area contributed by atoms with Crippen molar-refractivity contribution in [1.29, 1.82) is 0 Å². The molecule has 7 nitrogen and oxygen atoms in total. The molecule has 0 aliphatic heterocycles. The first-order valence-electron chi connectivity index (χ1n) is 6.09. The highest BCUT2D eigenvalue weighted by atomic mass is 16.5. The van der Waals surface area contributed by atoms with E-state index in [0.29, 0.717) is 13.0 Å². The summed E-state index contributed by atoms with van der Waals surface area (Å²) in [5.74, 6) is -2.68. The summed E-state index contributed by atoms with van der Waals surface area (Å²) in [5, 5.41) is 20.4. The van der Waals surface area contributed by atoms with E-state index < -0.39 is 11.9 Å². The first kappa shape index (κ1) is 16.2. The minimum absolute atomic E-state index is 0.253. The molecule has 1 aromatic rings. The van der Waals surface area contributed by atoms with Crippen molar-refractivity contribution in [3.63, 3.8) is 0 Å². The highest BCUT2D eigenvalue weighted by Gasteiger charge is 2.16. The van der Waals surface area contributed by atoms with E-state index in [-0.39, 0.29) is 29.4 Å². The molecule has 1 aromatic carbocycles. The van der Waals surface area contributed by atoms with Crippen LogP contribution in [0.1, 0.15) is 27.1 Å². The molecular weight excluding hydrogens is 278 g/mol. The lowest BCUT2D eigenvalue weighted by Crippen LogP contribution is -2.23. The number of nitrogens with one attached hydrogen (secondary N) is 1. The van der Waals surface area contributed by atoms with Gasteiger partial charge in [0.05, 0.1) is 17.7 Å².